The van der Waals surface area contributed by atoms with E-state index in [2.05, 4.69) is 28.6 Å². The molecule has 1 saturated heterocycles. The van der Waals surface area contributed by atoms with Gasteiger partial charge < -0.3 is 10.1 Å². The van der Waals surface area contributed by atoms with Gasteiger partial charge in [-0.3, -0.25) is 0 Å². The predicted molar refractivity (Wildman–Crippen MR) is 74.2 cm³/mol. The third-order valence-corrected chi connectivity index (χ3v) is 3.45. The highest BCUT2D eigenvalue weighted by molar-refractivity contribution is 5.40. The smallest absolute Gasteiger partial charge is 0.0700 e. The Labute approximate surface area is 113 Å². The second kappa shape index (κ2) is 5.99. The molecule has 0 saturated carbocycles. The van der Waals surface area contributed by atoms with E-state index in [-0.39, 0.29) is 0 Å². The molecule has 1 unspecified atom stereocenters. The van der Waals surface area contributed by atoms with Crippen LogP contribution in [0.5, 0.6) is 0 Å². The fraction of sp³-hybridized carbons (Fsp3) is 0.400. The van der Waals surface area contributed by atoms with Gasteiger partial charge in [0.2, 0.25) is 0 Å². The van der Waals surface area contributed by atoms with E-state index in [9.17, 15) is 0 Å². The van der Waals surface area contributed by atoms with Crippen molar-refractivity contribution in [2.24, 2.45) is 0 Å². The van der Waals surface area contributed by atoms with Gasteiger partial charge in [0, 0.05) is 32.1 Å². The van der Waals surface area contributed by atoms with E-state index in [1.165, 1.54) is 18.4 Å². The summed E-state index contributed by atoms with van der Waals surface area (Å²) in [5.41, 5.74) is 2.39. The third-order valence-electron chi connectivity index (χ3n) is 3.45. The second-order valence-electron chi connectivity index (χ2n) is 4.85. The molecule has 0 radical (unpaired) electrons. The van der Waals surface area contributed by atoms with Crippen molar-refractivity contribution in [2.75, 3.05) is 13.2 Å². The van der Waals surface area contributed by atoms with Crippen LogP contribution < -0.4 is 5.32 Å². The summed E-state index contributed by atoms with van der Waals surface area (Å²) >= 11 is 0. The normalized spacial score (nSPS) is 18.8. The minimum absolute atomic E-state index is 0.386. The standard InChI is InChI=1S/C15H19N3O/c1-2-7-15(18-9-4-8-17-18)13(5-1)11-16-12-14-6-3-10-19-14/h1-2,4-5,7-9,14,16H,3,6,10-12H2. The first-order chi connectivity index (χ1) is 9.43. The van der Waals surface area contributed by atoms with Crippen LogP contribution >= 0.6 is 0 Å². The predicted octanol–water partition coefficient (Wildman–Crippen LogP) is 2.14. The maximum absolute atomic E-state index is 5.61. The van der Waals surface area contributed by atoms with Gasteiger partial charge in [-0.15, -0.1) is 0 Å². The van der Waals surface area contributed by atoms with E-state index in [1.54, 1.807) is 6.20 Å². The minimum Gasteiger partial charge on any atom is -0.377 e. The molecule has 1 aliphatic heterocycles. The number of nitrogens with zero attached hydrogens (tertiary/aromatic N) is 2. The molecule has 2 aromatic rings. The number of benzene rings is 1. The Morgan fingerprint density at radius 1 is 1.32 bits per heavy atom. The lowest BCUT2D eigenvalue weighted by atomic mass is 10.1. The summed E-state index contributed by atoms with van der Waals surface area (Å²) in [5, 5.41) is 7.78. The summed E-state index contributed by atoms with van der Waals surface area (Å²) < 4.78 is 7.52. The highest BCUT2D eigenvalue weighted by Gasteiger charge is 2.14. The second-order valence-corrected chi connectivity index (χ2v) is 4.85. The first-order valence-corrected chi connectivity index (χ1v) is 6.84. The fourth-order valence-corrected chi connectivity index (χ4v) is 2.47. The number of hydrogen-bond acceptors (Lipinski definition) is 3. The Hall–Kier alpha value is -1.65. The van der Waals surface area contributed by atoms with Gasteiger partial charge in [0.05, 0.1) is 11.8 Å². The van der Waals surface area contributed by atoms with E-state index >= 15 is 0 Å². The van der Waals surface area contributed by atoms with Crippen LogP contribution in [0, 0.1) is 0 Å². The Kier molecular flexibility index (Phi) is 3.91. The zero-order valence-electron chi connectivity index (χ0n) is 11.0. The Morgan fingerprint density at radius 2 is 2.26 bits per heavy atom. The lowest BCUT2D eigenvalue weighted by Crippen LogP contribution is -2.26. The van der Waals surface area contributed by atoms with Crippen molar-refractivity contribution >= 4 is 0 Å². The molecular weight excluding hydrogens is 238 g/mol. The van der Waals surface area contributed by atoms with E-state index in [0.29, 0.717) is 6.10 Å². The lowest BCUT2D eigenvalue weighted by molar-refractivity contribution is 0.110. The molecule has 4 heteroatoms. The van der Waals surface area contributed by atoms with Crippen LogP contribution in [0.3, 0.4) is 0 Å². The van der Waals surface area contributed by atoms with Crippen molar-refractivity contribution in [3.63, 3.8) is 0 Å². The topological polar surface area (TPSA) is 39.1 Å². The molecule has 100 valence electrons. The summed E-state index contributed by atoms with van der Waals surface area (Å²) in [6, 6.07) is 10.3. The number of para-hydroxylation sites is 1. The average Bonchev–Trinajstić information content (AvgIpc) is 3.12. The molecule has 19 heavy (non-hydrogen) atoms. The Bertz CT molecular complexity index is 504. The van der Waals surface area contributed by atoms with Crippen LogP contribution in [-0.2, 0) is 11.3 Å². The molecule has 3 rings (SSSR count). The molecule has 0 aliphatic carbocycles. The van der Waals surface area contributed by atoms with E-state index in [4.69, 9.17) is 4.74 Å². The zero-order chi connectivity index (χ0) is 12.9. The van der Waals surface area contributed by atoms with Crippen LogP contribution in [0.15, 0.2) is 42.7 Å². The minimum atomic E-state index is 0.386. The van der Waals surface area contributed by atoms with Crippen molar-refractivity contribution < 1.29 is 4.74 Å². The highest BCUT2D eigenvalue weighted by Crippen LogP contribution is 2.14. The number of nitrogens with one attached hydrogen (secondary N) is 1. The van der Waals surface area contributed by atoms with Gasteiger partial charge in [-0.05, 0) is 30.5 Å². The molecule has 1 N–H and O–H groups in total. The summed E-state index contributed by atoms with van der Waals surface area (Å²) in [7, 11) is 0. The molecule has 1 aromatic heterocycles. The number of aromatic nitrogens is 2. The average molecular weight is 257 g/mol. The van der Waals surface area contributed by atoms with Crippen molar-refractivity contribution in [3.05, 3.63) is 48.3 Å². The van der Waals surface area contributed by atoms with Crippen LogP contribution in [0.1, 0.15) is 18.4 Å². The molecule has 1 fully saturated rings. The Morgan fingerprint density at radius 3 is 3.05 bits per heavy atom. The molecule has 0 amide bonds. The highest BCUT2D eigenvalue weighted by atomic mass is 16.5. The molecule has 1 aromatic carbocycles. The van der Waals surface area contributed by atoms with Crippen LogP contribution in [-0.4, -0.2) is 29.0 Å². The zero-order valence-corrected chi connectivity index (χ0v) is 11.0. The van der Waals surface area contributed by atoms with Crippen molar-refractivity contribution in [3.8, 4) is 5.69 Å². The van der Waals surface area contributed by atoms with Gasteiger partial charge >= 0.3 is 0 Å². The summed E-state index contributed by atoms with van der Waals surface area (Å²) in [6.45, 7) is 2.68. The van der Waals surface area contributed by atoms with Gasteiger partial charge in [-0.25, -0.2) is 4.68 Å². The van der Waals surface area contributed by atoms with Gasteiger partial charge in [0.1, 0.15) is 0 Å². The van der Waals surface area contributed by atoms with Crippen LogP contribution in [0.2, 0.25) is 0 Å². The van der Waals surface area contributed by atoms with Crippen molar-refractivity contribution in [1.29, 1.82) is 0 Å². The van der Waals surface area contributed by atoms with E-state index in [0.717, 1.165) is 25.4 Å². The maximum atomic E-state index is 5.61. The largest absolute Gasteiger partial charge is 0.377 e. The molecule has 4 nitrogen and oxygen atoms in total. The quantitative estimate of drug-likeness (QED) is 0.892. The molecule has 0 spiro atoms. The SMILES string of the molecule is c1ccc(-n2cccn2)c(CNCC2CCCO2)c1. The number of hydrogen-bond donors (Lipinski definition) is 1. The van der Waals surface area contributed by atoms with Crippen LogP contribution in [0.25, 0.3) is 5.69 Å². The van der Waals surface area contributed by atoms with Gasteiger partial charge in [0.15, 0.2) is 0 Å². The van der Waals surface area contributed by atoms with Gasteiger partial charge in [-0.2, -0.15) is 5.10 Å². The van der Waals surface area contributed by atoms with Gasteiger partial charge in [-0.1, -0.05) is 18.2 Å². The molecule has 1 aliphatic rings. The third kappa shape index (κ3) is 3.03. The molecular formula is C15H19N3O. The van der Waals surface area contributed by atoms with Crippen molar-refractivity contribution in [1.82, 2.24) is 15.1 Å². The number of ether oxygens (including phenoxy) is 1. The molecule has 1 atom stereocenters. The first kappa shape index (κ1) is 12.4. The first-order valence-electron chi connectivity index (χ1n) is 6.84. The summed E-state index contributed by atoms with van der Waals surface area (Å²) in [6.07, 6.45) is 6.52. The summed E-state index contributed by atoms with van der Waals surface area (Å²) in [4.78, 5) is 0. The lowest BCUT2D eigenvalue weighted by Gasteiger charge is -2.13. The fourth-order valence-electron chi connectivity index (χ4n) is 2.47. The molecule has 2 heterocycles. The van der Waals surface area contributed by atoms with E-state index < -0.39 is 0 Å². The van der Waals surface area contributed by atoms with Crippen LogP contribution in [0.4, 0.5) is 0 Å². The van der Waals surface area contributed by atoms with Gasteiger partial charge in [0.25, 0.3) is 0 Å². The maximum Gasteiger partial charge on any atom is 0.0700 e. The van der Waals surface area contributed by atoms with Crippen molar-refractivity contribution in [2.45, 2.75) is 25.5 Å². The number of rotatable bonds is 5. The monoisotopic (exact) mass is 257 g/mol. The summed E-state index contributed by atoms with van der Waals surface area (Å²) in [5.74, 6) is 0. The molecule has 0 bridgehead atoms. The Balaban J connectivity index is 1.64. The van der Waals surface area contributed by atoms with E-state index in [1.807, 2.05) is 23.0 Å².